The summed E-state index contributed by atoms with van der Waals surface area (Å²) in [6.45, 7) is 0.919. The molecule has 0 saturated heterocycles. The summed E-state index contributed by atoms with van der Waals surface area (Å²) < 4.78 is 42.7. The van der Waals surface area contributed by atoms with E-state index in [9.17, 15) is 13.2 Å². The van der Waals surface area contributed by atoms with E-state index in [0.717, 1.165) is 27.8 Å². The monoisotopic (exact) mass is 466 g/mol. The summed E-state index contributed by atoms with van der Waals surface area (Å²) in [5.41, 5.74) is 10.0. The highest BCUT2D eigenvalue weighted by atomic mass is 19.4. The second-order valence-corrected chi connectivity index (χ2v) is 7.97. The fourth-order valence-corrected chi connectivity index (χ4v) is 4.05. The molecular weight excluding hydrogens is 445 g/mol. The van der Waals surface area contributed by atoms with Crippen LogP contribution < -0.4 is 5.73 Å². The van der Waals surface area contributed by atoms with Crippen LogP contribution >= 0.6 is 0 Å². The van der Waals surface area contributed by atoms with E-state index in [0.29, 0.717) is 16.8 Å². The maximum Gasteiger partial charge on any atom is 0.408 e. The molecule has 174 valence electrons. The minimum Gasteiger partial charge on any atom is -0.366 e. The third kappa shape index (κ3) is 4.24. The second-order valence-electron chi connectivity index (χ2n) is 7.97. The number of nitrogen functional groups attached to an aromatic ring is 1. The van der Waals surface area contributed by atoms with E-state index in [-0.39, 0.29) is 12.0 Å². The lowest BCUT2D eigenvalue weighted by atomic mass is 10.0. The summed E-state index contributed by atoms with van der Waals surface area (Å²) >= 11 is 0. The first-order valence-electron chi connectivity index (χ1n) is 10.7. The van der Waals surface area contributed by atoms with Crippen LogP contribution in [0.1, 0.15) is 24.9 Å². The Morgan fingerprint density at radius 3 is 2.47 bits per heavy atom. The number of nitrogens with two attached hydrogens (primary N) is 1. The molecule has 0 aliphatic heterocycles. The van der Waals surface area contributed by atoms with Crippen molar-refractivity contribution < 1.29 is 13.2 Å². The predicted molar refractivity (Wildman–Crippen MR) is 121 cm³/mol. The molecule has 4 heterocycles. The van der Waals surface area contributed by atoms with Crippen LogP contribution in [0.3, 0.4) is 0 Å². The largest absolute Gasteiger partial charge is 0.408 e. The molecule has 0 unspecified atom stereocenters. The van der Waals surface area contributed by atoms with E-state index < -0.39 is 12.7 Å². The van der Waals surface area contributed by atoms with Gasteiger partial charge in [0.05, 0.1) is 18.4 Å². The minimum absolute atomic E-state index is 0.0619. The summed E-state index contributed by atoms with van der Waals surface area (Å²) in [6.07, 6.45) is 4.66. The maximum atomic E-state index is 12.8. The molecule has 8 nitrogen and oxygen atoms in total. The summed E-state index contributed by atoms with van der Waals surface area (Å²) in [5.74, 6) is 0.0619. The number of aromatic nitrogens is 7. The molecular formula is C23H21F3N8. The molecule has 0 radical (unpaired) electrons. The molecule has 0 bridgehead atoms. The van der Waals surface area contributed by atoms with Crippen LogP contribution in [0.5, 0.6) is 0 Å². The lowest BCUT2D eigenvalue weighted by molar-refractivity contribution is -0.142. The van der Waals surface area contributed by atoms with Crippen molar-refractivity contribution >= 4 is 11.6 Å². The Bertz CT molecular complexity index is 1430. The maximum absolute atomic E-state index is 12.8. The first-order valence-corrected chi connectivity index (χ1v) is 10.7. The number of halogens is 3. The minimum atomic E-state index is -4.37. The van der Waals surface area contributed by atoms with Crippen molar-refractivity contribution in [1.82, 2.24) is 34.2 Å². The zero-order valence-corrected chi connectivity index (χ0v) is 18.2. The van der Waals surface area contributed by atoms with E-state index in [1.807, 2.05) is 35.1 Å². The van der Waals surface area contributed by atoms with Gasteiger partial charge in [-0.25, -0.2) is 4.52 Å². The first kappa shape index (κ1) is 21.7. The molecule has 2 N–H and O–H groups in total. The fourth-order valence-electron chi connectivity index (χ4n) is 4.05. The first-order chi connectivity index (χ1) is 16.3. The van der Waals surface area contributed by atoms with Gasteiger partial charge in [0.1, 0.15) is 6.54 Å². The molecule has 5 aromatic rings. The Labute approximate surface area is 192 Å². The smallest absolute Gasteiger partial charge is 0.366 e. The van der Waals surface area contributed by atoms with Gasteiger partial charge in [0.2, 0.25) is 5.95 Å². The van der Waals surface area contributed by atoms with Crippen molar-refractivity contribution in [3.05, 3.63) is 72.9 Å². The number of hydrogen-bond acceptors (Lipinski definition) is 5. The molecule has 0 amide bonds. The van der Waals surface area contributed by atoms with Gasteiger partial charge in [-0.1, -0.05) is 37.3 Å². The lowest BCUT2D eigenvalue weighted by Crippen LogP contribution is -2.17. The van der Waals surface area contributed by atoms with Crippen molar-refractivity contribution in [3.63, 3.8) is 0 Å². The van der Waals surface area contributed by atoms with E-state index in [1.165, 1.54) is 16.9 Å². The highest BCUT2D eigenvalue weighted by Gasteiger charge is 2.28. The molecule has 0 saturated carbocycles. The SMILES string of the molecule is CC[C@@H](c1ccccc1)n1cc(-c2cc(-c3cnn(CC(F)(F)F)c3)c3nc(N)nn3c2)cn1. The van der Waals surface area contributed by atoms with Crippen LogP contribution in [0.2, 0.25) is 0 Å². The number of benzene rings is 1. The average molecular weight is 466 g/mol. The molecule has 4 aromatic heterocycles. The predicted octanol–water partition coefficient (Wildman–Crippen LogP) is 4.60. The number of fused-ring (bicyclic) bond motifs is 1. The topological polar surface area (TPSA) is 91.8 Å². The number of pyridine rings is 1. The quantitative estimate of drug-likeness (QED) is 0.395. The van der Waals surface area contributed by atoms with Crippen molar-refractivity contribution in [3.8, 4) is 22.3 Å². The number of rotatable bonds is 6. The van der Waals surface area contributed by atoms with Crippen LogP contribution in [-0.4, -0.2) is 40.3 Å². The van der Waals surface area contributed by atoms with Crippen molar-refractivity contribution in [1.29, 1.82) is 0 Å². The van der Waals surface area contributed by atoms with Crippen LogP contribution in [0.4, 0.5) is 19.1 Å². The molecule has 1 aromatic carbocycles. The van der Waals surface area contributed by atoms with Gasteiger partial charge in [-0.15, -0.1) is 5.10 Å². The molecule has 0 aliphatic rings. The fraction of sp³-hybridized carbons (Fsp3) is 0.217. The third-order valence-corrected chi connectivity index (χ3v) is 5.56. The highest BCUT2D eigenvalue weighted by Crippen LogP contribution is 2.31. The Balaban J connectivity index is 1.56. The number of nitrogens with zero attached hydrogens (tertiary/aromatic N) is 7. The second kappa shape index (κ2) is 8.32. The van der Waals surface area contributed by atoms with Crippen LogP contribution in [0.15, 0.2) is 67.4 Å². The molecule has 1 atom stereocenters. The van der Waals surface area contributed by atoms with Crippen LogP contribution in [0.25, 0.3) is 27.9 Å². The summed E-state index contributed by atoms with van der Waals surface area (Å²) in [4.78, 5) is 4.24. The number of hydrogen-bond donors (Lipinski definition) is 1. The van der Waals surface area contributed by atoms with Crippen molar-refractivity contribution in [2.45, 2.75) is 32.1 Å². The average Bonchev–Trinajstić information content (AvgIpc) is 3.53. The third-order valence-electron chi connectivity index (χ3n) is 5.56. The standard InChI is InChI=1S/C23H21F3N8/c1-2-20(15-6-4-3-5-7-15)33-13-17(9-29-33)16-8-19(21-30-22(27)31-34(21)12-16)18-10-28-32(11-18)14-23(24,25)26/h3-13,20H,2,14H2,1H3,(H2,27,31)/t20-/m0/s1. The van der Waals surface area contributed by atoms with Gasteiger partial charge in [0, 0.05) is 40.8 Å². The van der Waals surface area contributed by atoms with Crippen LogP contribution in [0, 0.1) is 0 Å². The Hall–Kier alpha value is -4.15. The molecule has 0 spiro atoms. The number of alkyl halides is 3. The van der Waals surface area contributed by atoms with Gasteiger partial charge in [-0.2, -0.15) is 28.4 Å². The zero-order chi connectivity index (χ0) is 23.9. The van der Waals surface area contributed by atoms with E-state index in [1.54, 1.807) is 12.4 Å². The highest BCUT2D eigenvalue weighted by molar-refractivity contribution is 5.81. The lowest BCUT2D eigenvalue weighted by Gasteiger charge is -2.15. The zero-order valence-electron chi connectivity index (χ0n) is 18.2. The van der Waals surface area contributed by atoms with Gasteiger partial charge in [0.25, 0.3) is 0 Å². The molecule has 34 heavy (non-hydrogen) atoms. The van der Waals surface area contributed by atoms with Crippen molar-refractivity contribution in [2.24, 2.45) is 0 Å². The van der Waals surface area contributed by atoms with Crippen LogP contribution in [-0.2, 0) is 6.54 Å². The van der Waals surface area contributed by atoms with E-state index in [4.69, 9.17) is 5.73 Å². The van der Waals surface area contributed by atoms with Gasteiger partial charge < -0.3 is 5.73 Å². The van der Waals surface area contributed by atoms with Gasteiger partial charge >= 0.3 is 6.18 Å². The van der Waals surface area contributed by atoms with Gasteiger partial charge in [0.15, 0.2) is 5.65 Å². The van der Waals surface area contributed by atoms with E-state index in [2.05, 4.69) is 39.3 Å². The Morgan fingerprint density at radius 2 is 1.74 bits per heavy atom. The number of anilines is 1. The Morgan fingerprint density at radius 1 is 0.971 bits per heavy atom. The molecule has 5 rings (SSSR count). The van der Waals surface area contributed by atoms with E-state index >= 15 is 0 Å². The van der Waals surface area contributed by atoms with Crippen molar-refractivity contribution in [2.75, 3.05) is 5.73 Å². The normalized spacial score (nSPS) is 12.9. The summed E-state index contributed by atoms with van der Waals surface area (Å²) in [7, 11) is 0. The molecule has 0 fully saturated rings. The molecule has 0 aliphatic carbocycles. The molecule has 11 heteroatoms. The Kier molecular flexibility index (Phi) is 5.31. The summed E-state index contributed by atoms with van der Waals surface area (Å²) in [5, 5.41) is 12.6. The summed E-state index contributed by atoms with van der Waals surface area (Å²) in [6, 6.07) is 12.0. The van der Waals surface area contributed by atoms with Gasteiger partial charge in [-0.05, 0) is 18.1 Å². The van der Waals surface area contributed by atoms with Gasteiger partial charge in [-0.3, -0.25) is 9.36 Å².